The van der Waals surface area contributed by atoms with Crippen molar-refractivity contribution in [1.82, 2.24) is 14.8 Å². The Balaban J connectivity index is 1.45. The molecule has 2 aliphatic heterocycles. The number of piperidine rings is 1. The van der Waals surface area contributed by atoms with E-state index < -0.39 is 11.4 Å². The number of hydrogen-bond donors (Lipinski definition) is 2. The molecule has 0 bridgehead atoms. The Hall–Kier alpha value is -2.34. The summed E-state index contributed by atoms with van der Waals surface area (Å²) >= 11 is 0. The van der Waals surface area contributed by atoms with Gasteiger partial charge in [0.25, 0.3) is 0 Å². The van der Waals surface area contributed by atoms with E-state index in [9.17, 15) is 14.7 Å². The highest BCUT2D eigenvalue weighted by Crippen LogP contribution is 2.42. The summed E-state index contributed by atoms with van der Waals surface area (Å²) in [5, 5.41) is 11.0. The van der Waals surface area contributed by atoms with Gasteiger partial charge < -0.3 is 19.9 Å². The third-order valence-electron chi connectivity index (χ3n) is 6.17. The lowest BCUT2D eigenvalue weighted by atomic mass is 9.73. The average Bonchev–Trinajstić information content (AvgIpc) is 3.21. The molecule has 2 fully saturated rings. The second-order valence-electron chi connectivity index (χ2n) is 7.82. The van der Waals surface area contributed by atoms with Gasteiger partial charge in [0.2, 0.25) is 5.91 Å². The zero-order valence-electron chi connectivity index (χ0n) is 15.1. The molecule has 4 rings (SSSR count). The molecule has 0 radical (unpaired) electrons. The number of para-hydroxylation sites is 1. The maximum absolute atomic E-state index is 12.8. The fourth-order valence-electron chi connectivity index (χ4n) is 4.70. The Morgan fingerprint density at radius 1 is 1.31 bits per heavy atom. The number of carboxylic acid groups (broad SMARTS) is 1. The van der Waals surface area contributed by atoms with Gasteiger partial charge in [-0.1, -0.05) is 18.2 Å². The molecule has 2 N–H and O–H groups in total. The van der Waals surface area contributed by atoms with Crippen LogP contribution >= 0.6 is 0 Å². The van der Waals surface area contributed by atoms with Gasteiger partial charge in [0, 0.05) is 43.2 Å². The summed E-state index contributed by atoms with van der Waals surface area (Å²) in [6.07, 6.45) is 3.90. The van der Waals surface area contributed by atoms with Gasteiger partial charge in [0.05, 0.1) is 0 Å². The fourth-order valence-corrected chi connectivity index (χ4v) is 4.70. The lowest BCUT2D eigenvalue weighted by Crippen LogP contribution is -2.52. The molecular formula is C20H25N3O3. The Labute approximate surface area is 152 Å². The maximum Gasteiger partial charge on any atom is 0.313 e. The SMILES string of the molecule is CN1CC[C@H]2CN(C(=O)CCc3c[nH]c4ccccc34)C[C@@]2(C(=O)O)C1. The van der Waals surface area contributed by atoms with Gasteiger partial charge in [-0.15, -0.1) is 0 Å². The number of aromatic nitrogens is 1. The lowest BCUT2D eigenvalue weighted by Gasteiger charge is -2.39. The van der Waals surface area contributed by atoms with Crippen LogP contribution < -0.4 is 0 Å². The van der Waals surface area contributed by atoms with Crippen molar-refractivity contribution >= 4 is 22.8 Å². The van der Waals surface area contributed by atoms with E-state index in [4.69, 9.17) is 0 Å². The first-order valence-corrected chi connectivity index (χ1v) is 9.24. The predicted octanol–water partition coefficient (Wildman–Crippen LogP) is 1.97. The number of benzene rings is 1. The first-order valence-electron chi connectivity index (χ1n) is 9.24. The van der Waals surface area contributed by atoms with E-state index in [1.165, 1.54) is 0 Å². The van der Waals surface area contributed by atoms with Crippen LogP contribution in [0.2, 0.25) is 0 Å². The minimum atomic E-state index is -0.802. The lowest BCUT2D eigenvalue weighted by molar-refractivity contribution is -0.154. The minimum Gasteiger partial charge on any atom is -0.481 e. The maximum atomic E-state index is 12.8. The molecule has 0 aliphatic carbocycles. The van der Waals surface area contributed by atoms with Crippen molar-refractivity contribution in [1.29, 1.82) is 0 Å². The van der Waals surface area contributed by atoms with E-state index >= 15 is 0 Å². The van der Waals surface area contributed by atoms with E-state index in [0.717, 1.165) is 29.4 Å². The van der Waals surface area contributed by atoms with Crippen LogP contribution in [0.4, 0.5) is 0 Å². The summed E-state index contributed by atoms with van der Waals surface area (Å²) in [7, 11) is 1.96. The van der Waals surface area contributed by atoms with Crippen LogP contribution in [0.1, 0.15) is 18.4 Å². The molecule has 1 aromatic carbocycles. The zero-order chi connectivity index (χ0) is 18.3. The first kappa shape index (κ1) is 17.1. The number of fused-ring (bicyclic) bond motifs is 2. The van der Waals surface area contributed by atoms with Crippen LogP contribution in [0.25, 0.3) is 10.9 Å². The normalized spacial score (nSPS) is 26.2. The molecule has 0 saturated carbocycles. The second-order valence-corrected chi connectivity index (χ2v) is 7.82. The monoisotopic (exact) mass is 355 g/mol. The van der Waals surface area contributed by atoms with Crippen molar-refractivity contribution in [2.24, 2.45) is 11.3 Å². The van der Waals surface area contributed by atoms with Gasteiger partial charge in [-0.2, -0.15) is 0 Å². The molecule has 6 nitrogen and oxygen atoms in total. The Bertz CT molecular complexity index is 846. The smallest absolute Gasteiger partial charge is 0.313 e. The minimum absolute atomic E-state index is 0.0629. The quantitative estimate of drug-likeness (QED) is 0.879. The molecule has 138 valence electrons. The number of hydrogen-bond acceptors (Lipinski definition) is 3. The predicted molar refractivity (Wildman–Crippen MR) is 98.9 cm³/mol. The van der Waals surface area contributed by atoms with Gasteiger partial charge in [0.1, 0.15) is 5.41 Å². The van der Waals surface area contributed by atoms with E-state index in [1.807, 2.05) is 31.4 Å². The third kappa shape index (κ3) is 2.78. The number of rotatable bonds is 4. The highest BCUT2D eigenvalue weighted by molar-refractivity contribution is 5.85. The Morgan fingerprint density at radius 3 is 2.92 bits per heavy atom. The van der Waals surface area contributed by atoms with Gasteiger partial charge >= 0.3 is 5.97 Å². The highest BCUT2D eigenvalue weighted by Gasteiger charge is 2.55. The molecule has 3 heterocycles. The number of H-pyrrole nitrogens is 1. The molecule has 2 saturated heterocycles. The Kier molecular flexibility index (Phi) is 4.23. The number of nitrogens with zero attached hydrogens (tertiary/aromatic N) is 2. The van der Waals surface area contributed by atoms with Crippen LogP contribution in [-0.4, -0.2) is 65.0 Å². The van der Waals surface area contributed by atoms with Crippen LogP contribution in [0.5, 0.6) is 0 Å². The van der Waals surface area contributed by atoms with Crippen molar-refractivity contribution in [2.45, 2.75) is 19.3 Å². The van der Waals surface area contributed by atoms with Crippen LogP contribution in [-0.2, 0) is 16.0 Å². The van der Waals surface area contributed by atoms with E-state index in [2.05, 4.69) is 16.0 Å². The number of aryl methyl sites for hydroxylation is 1. The summed E-state index contributed by atoms with van der Waals surface area (Å²) in [5.41, 5.74) is 1.41. The fraction of sp³-hybridized carbons (Fsp3) is 0.500. The summed E-state index contributed by atoms with van der Waals surface area (Å²) in [5.74, 6) is -0.637. The molecule has 2 atom stereocenters. The average molecular weight is 355 g/mol. The first-order chi connectivity index (χ1) is 12.5. The summed E-state index contributed by atoms with van der Waals surface area (Å²) < 4.78 is 0. The number of aromatic amines is 1. The zero-order valence-corrected chi connectivity index (χ0v) is 15.1. The number of carbonyl (C=O) groups excluding carboxylic acids is 1. The molecular weight excluding hydrogens is 330 g/mol. The Morgan fingerprint density at radius 2 is 2.12 bits per heavy atom. The molecule has 2 aromatic rings. The van der Waals surface area contributed by atoms with Gasteiger partial charge in [0.15, 0.2) is 0 Å². The van der Waals surface area contributed by atoms with Crippen LogP contribution in [0.15, 0.2) is 30.5 Å². The van der Waals surface area contributed by atoms with Gasteiger partial charge in [-0.3, -0.25) is 9.59 Å². The van der Waals surface area contributed by atoms with Crippen molar-refractivity contribution in [3.63, 3.8) is 0 Å². The molecule has 1 amide bonds. The van der Waals surface area contributed by atoms with Crippen LogP contribution in [0.3, 0.4) is 0 Å². The number of carbonyl (C=O) groups is 2. The molecule has 2 aliphatic rings. The largest absolute Gasteiger partial charge is 0.481 e. The number of likely N-dealkylation sites (tertiary alicyclic amines) is 2. The van der Waals surface area contributed by atoms with Gasteiger partial charge in [-0.05, 0) is 44.0 Å². The van der Waals surface area contributed by atoms with E-state index in [-0.39, 0.29) is 11.8 Å². The summed E-state index contributed by atoms with van der Waals surface area (Å²) in [4.78, 5) is 31.9. The topological polar surface area (TPSA) is 76.6 Å². The number of aliphatic carboxylic acids is 1. The highest BCUT2D eigenvalue weighted by atomic mass is 16.4. The van der Waals surface area contributed by atoms with Crippen molar-refractivity contribution < 1.29 is 14.7 Å². The summed E-state index contributed by atoms with van der Waals surface area (Å²) in [6, 6.07) is 8.08. The number of carboxylic acids is 1. The van der Waals surface area contributed by atoms with Crippen molar-refractivity contribution in [3.8, 4) is 0 Å². The van der Waals surface area contributed by atoms with Crippen molar-refractivity contribution in [3.05, 3.63) is 36.0 Å². The molecule has 1 aromatic heterocycles. The van der Waals surface area contributed by atoms with E-state index in [0.29, 0.717) is 32.5 Å². The molecule has 0 spiro atoms. The second kappa shape index (κ2) is 6.43. The summed E-state index contributed by atoms with van der Waals surface area (Å²) in [6.45, 7) is 2.34. The third-order valence-corrected chi connectivity index (χ3v) is 6.17. The van der Waals surface area contributed by atoms with Crippen LogP contribution in [0, 0.1) is 11.3 Å². The molecule has 0 unspecified atom stereocenters. The number of nitrogens with one attached hydrogen (secondary N) is 1. The number of amides is 1. The standard InChI is InChI=1S/C20H25N3O3/c1-22-9-8-15-11-23(13-20(15,12-22)19(25)26)18(24)7-6-14-10-21-17-5-3-2-4-16(14)17/h2-5,10,15,21H,6-9,11-13H2,1H3,(H,25,26)/t15-,20-/m0/s1. The van der Waals surface area contributed by atoms with Crippen molar-refractivity contribution in [2.75, 3.05) is 33.2 Å². The van der Waals surface area contributed by atoms with Gasteiger partial charge in [-0.25, -0.2) is 0 Å². The van der Waals surface area contributed by atoms with E-state index in [1.54, 1.807) is 4.90 Å². The molecule has 6 heteroatoms. The molecule has 26 heavy (non-hydrogen) atoms.